The average Bonchev–Trinajstić information content (AvgIpc) is 2.63. The molecule has 0 spiro atoms. The number of aromatic nitrogens is 2. The molecule has 1 heterocycles. The number of rotatable bonds is 5. The van der Waals surface area contributed by atoms with Crippen molar-refractivity contribution in [2.75, 3.05) is 5.32 Å². The van der Waals surface area contributed by atoms with Crippen LogP contribution in [0.5, 0.6) is 0 Å². The zero-order valence-electron chi connectivity index (χ0n) is 10.5. The van der Waals surface area contributed by atoms with Crippen LogP contribution in [0.3, 0.4) is 0 Å². The van der Waals surface area contributed by atoms with Crippen molar-refractivity contribution >= 4 is 38.3 Å². The lowest BCUT2D eigenvalue weighted by Crippen LogP contribution is -2.26. The van der Waals surface area contributed by atoms with Gasteiger partial charge in [-0.3, -0.25) is 10.1 Å². The summed E-state index contributed by atoms with van der Waals surface area (Å²) in [6, 6.07) is 0. The summed E-state index contributed by atoms with van der Waals surface area (Å²) in [6.45, 7) is 8.24. The van der Waals surface area contributed by atoms with Gasteiger partial charge in [-0.05, 0) is 11.8 Å². The molecular weight excluding hydrogens is 302 g/mol. The Hall–Kier alpha value is -0.490. The van der Waals surface area contributed by atoms with Crippen molar-refractivity contribution in [1.82, 2.24) is 10.2 Å². The summed E-state index contributed by atoms with van der Waals surface area (Å²) in [6.07, 6.45) is 0.898. The summed E-state index contributed by atoms with van der Waals surface area (Å²) < 4.78 is 0. The van der Waals surface area contributed by atoms with Crippen molar-refractivity contribution in [2.45, 2.75) is 38.9 Å². The Balaban J connectivity index is 2.57. The van der Waals surface area contributed by atoms with Crippen LogP contribution in [-0.4, -0.2) is 20.9 Å². The third kappa shape index (κ3) is 4.71. The van der Waals surface area contributed by atoms with E-state index in [0.29, 0.717) is 11.0 Å². The summed E-state index contributed by atoms with van der Waals surface area (Å²) >= 11 is 4.80. The normalized spacial score (nSPS) is 13.1. The van der Waals surface area contributed by atoms with Gasteiger partial charge in [-0.25, -0.2) is 0 Å². The van der Waals surface area contributed by atoms with Gasteiger partial charge in [-0.2, -0.15) is 0 Å². The Kier molecular flexibility index (Phi) is 5.52. The summed E-state index contributed by atoms with van der Waals surface area (Å²) in [5.74, 6) is 0.733. The van der Waals surface area contributed by atoms with E-state index in [9.17, 15) is 4.79 Å². The van der Waals surface area contributed by atoms with Crippen LogP contribution < -0.4 is 5.32 Å². The Morgan fingerprint density at radius 1 is 1.35 bits per heavy atom. The highest BCUT2D eigenvalue weighted by atomic mass is 79.9. The Bertz CT molecular complexity index is 379. The second-order valence-corrected chi connectivity index (χ2v) is 6.78. The molecule has 0 saturated carbocycles. The predicted molar refractivity (Wildman–Crippen MR) is 74.6 cm³/mol. The van der Waals surface area contributed by atoms with Gasteiger partial charge in [0.25, 0.3) is 0 Å². The summed E-state index contributed by atoms with van der Waals surface area (Å²) in [7, 11) is 0. The van der Waals surface area contributed by atoms with Crippen LogP contribution in [0.4, 0.5) is 5.13 Å². The average molecular weight is 320 g/mol. The quantitative estimate of drug-likeness (QED) is 0.848. The number of alkyl halides is 1. The van der Waals surface area contributed by atoms with E-state index in [0.717, 1.165) is 11.4 Å². The Morgan fingerprint density at radius 3 is 2.53 bits per heavy atom. The van der Waals surface area contributed by atoms with Crippen LogP contribution in [0.15, 0.2) is 0 Å². The minimum atomic E-state index is -0.194. The molecule has 1 atom stereocenters. The number of hydrogen-bond acceptors (Lipinski definition) is 4. The Morgan fingerprint density at radius 2 is 2.00 bits per heavy atom. The fourth-order valence-corrected chi connectivity index (χ4v) is 2.28. The highest BCUT2D eigenvalue weighted by Crippen LogP contribution is 2.20. The topological polar surface area (TPSA) is 54.9 Å². The van der Waals surface area contributed by atoms with Gasteiger partial charge in [0.1, 0.15) is 5.01 Å². The van der Waals surface area contributed by atoms with E-state index in [-0.39, 0.29) is 16.7 Å². The van der Waals surface area contributed by atoms with Crippen LogP contribution in [-0.2, 0) is 11.2 Å². The fourth-order valence-electron chi connectivity index (χ4n) is 1.21. The molecule has 0 aliphatic heterocycles. The minimum absolute atomic E-state index is 0.0627. The molecule has 4 nitrogen and oxygen atoms in total. The third-order valence-electron chi connectivity index (χ3n) is 2.12. The van der Waals surface area contributed by atoms with Crippen LogP contribution in [0, 0.1) is 11.8 Å². The first-order chi connectivity index (χ1) is 7.90. The smallest absolute Gasteiger partial charge is 0.240 e. The molecule has 0 bridgehead atoms. The third-order valence-corrected chi connectivity index (χ3v) is 4.45. The second-order valence-electron chi connectivity index (χ2n) is 4.73. The molecule has 1 aromatic heterocycles. The number of halogens is 1. The summed E-state index contributed by atoms with van der Waals surface area (Å²) in [5, 5.41) is 12.3. The van der Waals surface area contributed by atoms with Crippen molar-refractivity contribution in [2.24, 2.45) is 11.8 Å². The fraction of sp³-hybridized carbons (Fsp3) is 0.727. The number of nitrogens with zero attached hydrogens (tertiary/aromatic N) is 2. The molecule has 0 fully saturated rings. The van der Waals surface area contributed by atoms with Gasteiger partial charge in [0.15, 0.2) is 0 Å². The molecule has 0 aliphatic carbocycles. The molecular formula is C11H18BrN3OS. The summed E-state index contributed by atoms with van der Waals surface area (Å²) in [4.78, 5) is 11.6. The SMILES string of the molecule is CC(C)Cc1nnc(NC(=O)C(Br)C(C)C)s1. The molecule has 1 unspecified atom stereocenters. The number of carbonyl (C=O) groups excluding carboxylic acids is 1. The largest absolute Gasteiger partial charge is 0.300 e. The zero-order valence-corrected chi connectivity index (χ0v) is 12.9. The van der Waals surface area contributed by atoms with Crippen LogP contribution >= 0.6 is 27.3 Å². The number of amides is 1. The van der Waals surface area contributed by atoms with Gasteiger partial charge in [0, 0.05) is 6.42 Å². The van der Waals surface area contributed by atoms with E-state index in [1.54, 1.807) is 0 Å². The first kappa shape index (κ1) is 14.6. The molecule has 1 amide bonds. The number of anilines is 1. The molecule has 6 heteroatoms. The van der Waals surface area contributed by atoms with Crippen molar-refractivity contribution in [3.63, 3.8) is 0 Å². The van der Waals surface area contributed by atoms with Gasteiger partial charge in [-0.1, -0.05) is 55.0 Å². The van der Waals surface area contributed by atoms with E-state index >= 15 is 0 Å². The van der Waals surface area contributed by atoms with Crippen molar-refractivity contribution in [3.05, 3.63) is 5.01 Å². The molecule has 0 aromatic carbocycles. The first-order valence-corrected chi connectivity index (χ1v) is 7.40. The lowest BCUT2D eigenvalue weighted by atomic mass is 10.1. The van der Waals surface area contributed by atoms with Gasteiger partial charge in [0.2, 0.25) is 11.0 Å². The molecule has 0 saturated heterocycles. The van der Waals surface area contributed by atoms with E-state index in [1.807, 2.05) is 13.8 Å². The standard InChI is InChI=1S/C11H18BrN3OS/c1-6(2)5-8-14-15-11(17-8)13-10(16)9(12)7(3)4/h6-7,9H,5H2,1-4H3,(H,13,15,16). The molecule has 0 radical (unpaired) electrons. The molecule has 1 N–H and O–H groups in total. The maximum atomic E-state index is 11.8. The number of nitrogens with one attached hydrogen (secondary N) is 1. The van der Waals surface area contributed by atoms with E-state index in [2.05, 4.69) is 45.3 Å². The van der Waals surface area contributed by atoms with Gasteiger partial charge in [0.05, 0.1) is 4.83 Å². The minimum Gasteiger partial charge on any atom is -0.300 e. The van der Waals surface area contributed by atoms with E-state index in [1.165, 1.54) is 11.3 Å². The number of hydrogen-bond donors (Lipinski definition) is 1. The second kappa shape index (κ2) is 6.44. The molecule has 1 aromatic rings. The van der Waals surface area contributed by atoms with Crippen LogP contribution in [0.2, 0.25) is 0 Å². The molecule has 0 aliphatic rings. The Labute approximate surface area is 114 Å². The van der Waals surface area contributed by atoms with Crippen molar-refractivity contribution in [1.29, 1.82) is 0 Å². The van der Waals surface area contributed by atoms with Gasteiger partial charge in [-0.15, -0.1) is 10.2 Å². The lowest BCUT2D eigenvalue weighted by Gasteiger charge is -2.11. The monoisotopic (exact) mass is 319 g/mol. The van der Waals surface area contributed by atoms with E-state index in [4.69, 9.17) is 0 Å². The van der Waals surface area contributed by atoms with Gasteiger partial charge >= 0.3 is 0 Å². The zero-order chi connectivity index (χ0) is 13.0. The number of carbonyl (C=O) groups is 1. The first-order valence-electron chi connectivity index (χ1n) is 5.67. The van der Waals surface area contributed by atoms with E-state index < -0.39 is 0 Å². The molecule has 96 valence electrons. The highest BCUT2D eigenvalue weighted by molar-refractivity contribution is 9.10. The maximum Gasteiger partial charge on any atom is 0.240 e. The maximum absolute atomic E-state index is 11.8. The van der Waals surface area contributed by atoms with Crippen LogP contribution in [0.25, 0.3) is 0 Å². The molecule has 1 rings (SSSR count). The molecule has 17 heavy (non-hydrogen) atoms. The predicted octanol–water partition coefficient (Wildman–Crippen LogP) is 3.09. The van der Waals surface area contributed by atoms with Crippen molar-refractivity contribution < 1.29 is 4.79 Å². The highest BCUT2D eigenvalue weighted by Gasteiger charge is 2.20. The summed E-state index contributed by atoms with van der Waals surface area (Å²) in [5.41, 5.74) is 0. The van der Waals surface area contributed by atoms with Crippen molar-refractivity contribution in [3.8, 4) is 0 Å². The van der Waals surface area contributed by atoms with Gasteiger partial charge < -0.3 is 0 Å². The van der Waals surface area contributed by atoms with Crippen LogP contribution in [0.1, 0.15) is 32.7 Å². The lowest BCUT2D eigenvalue weighted by molar-refractivity contribution is -0.116.